The van der Waals surface area contributed by atoms with E-state index >= 15 is 0 Å². The number of ether oxygens (including phenoxy) is 8. The minimum atomic E-state index is -2.08. The summed E-state index contributed by atoms with van der Waals surface area (Å²) in [5.41, 5.74) is -0.255. The van der Waals surface area contributed by atoms with Crippen molar-refractivity contribution in [2.75, 3.05) is 26.4 Å². The van der Waals surface area contributed by atoms with Crippen LogP contribution in [0.3, 0.4) is 0 Å². The fourth-order valence-electron chi connectivity index (χ4n) is 6.81. The summed E-state index contributed by atoms with van der Waals surface area (Å²) in [7, 11) is 0. The lowest BCUT2D eigenvalue weighted by molar-refractivity contribution is -0.385. The summed E-state index contributed by atoms with van der Waals surface area (Å²) in [6.45, 7) is -2.47. The zero-order chi connectivity index (χ0) is 41.9. The van der Waals surface area contributed by atoms with Gasteiger partial charge in [-0.1, -0.05) is 0 Å². The molecule has 1 unspecified atom stereocenters. The number of carbonyl (C=O) groups excluding carboxylic acids is 1. The molecule has 1 aromatic rings. The highest BCUT2D eigenvalue weighted by Crippen LogP contribution is 2.35. The van der Waals surface area contributed by atoms with Gasteiger partial charge in [-0.05, 0) is 12.1 Å². The highest BCUT2D eigenvalue weighted by atomic mass is 16.8. The third-order valence-corrected chi connectivity index (χ3v) is 9.89. The summed E-state index contributed by atoms with van der Waals surface area (Å²) >= 11 is 0. The van der Waals surface area contributed by atoms with E-state index in [0.29, 0.717) is 0 Å². The lowest BCUT2D eigenvalue weighted by Crippen LogP contribution is -2.69. The van der Waals surface area contributed by atoms with Crippen LogP contribution >= 0.6 is 0 Å². The predicted octanol–water partition coefficient (Wildman–Crippen LogP) is -7.61. The van der Waals surface area contributed by atoms with Crippen LogP contribution in [0.2, 0.25) is 0 Å². The average molecular weight is 829 g/mol. The molecular formula is C32H48N2O23. The number of nitro groups is 1. The summed E-state index contributed by atoms with van der Waals surface area (Å²) in [5, 5.41) is 140. The number of nitrogens with zero attached hydrogens (tertiary/aromatic N) is 1. The van der Waals surface area contributed by atoms with E-state index in [9.17, 15) is 76.2 Å². The third-order valence-electron chi connectivity index (χ3n) is 9.89. The van der Waals surface area contributed by atoms with Gasteiger partial charge in [-0.2, -0.15) is 0 Å². The zero-order valence-electron chi connectivity index (χ0n) is 30.0. The van der Waals surface area contributed by atoms with Crippen LogP contribution in [-0.4, -0.2) is 221 Å². The molecule has 25 heteroatoms. The molecule has 4 aliphatic rings. The average Bonchev–Trinajstić information content (AvgIpc) is 3.19. The molecule has 4 saturated heterocycles. The topological polar surface area (TPSA) is 389 Å². The highest BCUT2D eigenvalue weighted by molar-refractivity contribution is 5.73. The monoisotopic (exact) mass is 828 g/mol. The predicted molar refractivity (Wildman–Crippen MR) is 177 cm³/mol. The van der Waals surface area contributed by atoms with Crippen LogP contribution in [0.4, 0.5) is 5.69 Å². The molecule has 324 valence electrons. The van der Waals surface area contributed by atoms with E-state index < -0.39 is 160 Å². The number of hydrogen-bond donors (Lipinski definition) is 13. The van der Waals surface area contributed by atoms with Gasteiger partial charge in [0.05, 0.1) is 31.4 Å². The Morgan fingerprint density at radius 1 is 0.596 bits per heavy atom. The summed E-state index contributed by atoms with van der Waals surface area (Å²) < 4.78 is 44.9. The van der Waals surface area contributed by atoms with Gasteiger partial charge in [-0.25, -0.2) is 0 Å². The van der Waals surface area contributed by atoms with Gasteiger partial charge >= 0.3 is 0 Å². The first-order valence-electron chi connectivity index (χ1n) is 17.7. The van der Waals surface area contributed by atoms with Crippen LogP contribution in [0.1, 0.15) is 6.92 Å². The number of aliphatic hydroxyl groups is 12. The number of nitrogens with one attached hydrogen (secondary N) is 1. The van der Waals surface area contributed by atoms with Crippen molar-refractivity contribution in [3.63, 3.8) is 0 Å². The van der Waals surface area contributed by atoms with E-state index in [-0.39, 0.29) is 11.4 Å². The number of aliphatic hydroxyl groups excluding tert-OH is 12. The number of nitro benzene ring substituents is 1. The summed E-state index contributed by atoms with van der Waals surface area (Å²) in [4.78, 5) is 22.2. The summed E-state index contributed by atoms with van der Waals surface area (Å²) in [6, 6.07) is 3.12. The highest BCUT2D eigenvalue weighted by Gasteiger charge is 2.55. The van der Waals surface area contributed by atoms with Gasteiger partial charge in [0.2, 0.25) is 12.2 Å². The first-order valence-corrected chi connectivity index (χ1v) is 17.7. The molecule has 1 amide bonds. The van der Waals surface area contributed by atoms with E-state index in [1.54, 1.807) is 0 Å². The van der Waals surface area contributed by atoms with Crippen molar-refractivity contribution in [1.82, 2.24) is 5.32 Å². The van der Waals surface area contributed by atoms with E-state index in [0.717, 1.165) is 19.1 Å². The minimum Gasteiger partial charge on any atom is -0.462 e. The molecule has 4 aliphatic heterocycles. The molecule has 0 aromatic heterocycles. The van der Waals surface area contributed by atoms with Gasteiger partial charge in [0.1, 0.15) is 103 Å². The Balaban J connectivity index is 1.27. The molecule has 0 saturated carbocycles. The molecule has 0 radical (unpaired) electrons. The maximum atomic E-state index is 11.9. The van der Waals surface area contributed by atoms with Crippen molar-refractivity contribution in [3.05, 3.63) is 34.4 Å². The Bertz CT molecular complexity index is 1460. The van der Waals surface area contributed by atoms with Crippen molar-refractivity contribution < 1.29 is 109 Å². The Labute approximate surface area is 322 Å². The van der Waals surface area contributed by atoms with E-state index in [1.807, 2.05) is 0 Å². The van der Waals surface area contributed by atoms with E-state index in [4.69, 9.17) is 37.9 Å². The molecule has 5 rings (SSSR count). The first kappa shape index (κ1) is 45.2. The number of hydrogen-bond acceptors (Lipinski definition) is 23. The van der Waals surface area contributed by atoms with Crippen LogP contribution in [-0.2, 0) is 38.0 Å². The molecule has 1 aromatic carbocycles. The maximum absolute atomic E-state index is 11.9. The van der Waals surface area contributed by atoms with E-state index in [1.165, 1.54) is 12.1 Å². The van der Waals surface area contributed by atoms with Gasteiger partial charge < -0.3 is 104 Å². The fraction of sp³-hybridized carbons (Fsp3) is 0.781. The quantitative estimate of drug-likeness (QED) is 0.0612. The SMILES string of the molecule is CC(=O)N[C@H]1[C@H](O[C@@H]2[C@@H](O)[C@@H](O[C@H]3[C@H](O)[C@@H](O)[C@@H](O[C@H]4[C@H](O)[C@@H](O)C(Oc5ccc([N+](=O)[O-])cc5)O[C@@H]4CO)O[C@@H]3CO)O[C@H](CO)[C@H]2O)O[C@H](CO)[C@H](O)[C@@H]1O. The lowest BCUT2D eigenvalue weighted by atomic mass is 9.95. The van der Waals surface area contributed by atoms with Gasteiger partial charge in [0.15, 0.2) is 18.9 Å². The molecule has 4 fully saturated rings. The molecule has 20 atom stereocenters. The van der Waals surface area contributed by atoms with Crippen LogP contribution in [0.5, 0.6) is 5.75 Å². The second-order valence-electron chi connectivity index (χ2n) is 13.7. The zero-order valence-corrected chi connectivity index (χ0v) is 30.0. The molecule has 0 spiro atoms. The normalized spacial score (nSPS) is 43.9. The minimum absolute atomic E-state index is 0.00543. The maximum Gasteiger partial charge on any atom is 0.269 e. The molecule has 0 aliphatic carbocycles. The van der Waals surface area contributed by atoms with E-state index in [2.05, 4.69) is 5.32 Å². The number of carbonyl (C=O) groups is 1. The summed E-state index contributed by atoms with van der Waals surface area (Å²) in [5.74, 6) is -0.712. The van der Waals surface area contributed by atoms with Gasteiger partial charge in [-0.15, -0.1) is 0 Å². The lowest BCUT2D eigenvalue weighted by Gasteiger charge is -2.49. The van der Waals surface area contributed by atoms with Gasteiger partial charge in [0.25, 0.3) is 5.69 Å². The Hall–Kier alpha value is -2.87. The molecule has 0 bridgehead atoms. The number of benzene rings is 1. The third kappa shape index (κ3) is 9.79. The van der Waals surface area contributed by atoms with Crippen molar-refractivity contribution in [1.29, 1.82) is 0 Å². The Morgan fingerprint density at radius 2 is 1.04 bits per heavy atom. The molecule has 13 N–H and O–H groups in total. The van der Waals surface area contributed by atoms with Crippen LogP contribution in [0.15, 0.2) is 24.3 Å². The number of rotatable bonds is 14. The first-order chi connectivity index (χ1) is 27.0. The Kier molecular flexibility index (Phi) is 15.4. The molecule has 57 heavy (non-hydrogen) atoms. The van der Waals surface area contributed by atoms with Crippen LogP contribution < -0.4 is 10.1 Å². The largest absolute Gasteiger partial charge is 0.462 e. The second kappa shape index (κ2) is 19.5. The van der Waals surface area contributed by atoms with Crippen molar-refractivity contribution in [2.45, 2.75) is 130 Å². The summed E-state index contributed by atoms with van der Waals surface area (Å²) in [6.07, 6.45) is -33.9. The fourth-order valence-corrected chi connectivity index (χ4v) is 6.81. The van der Waals surface area contributed by atoms with Gasteiger partial charge in [-0.3, -0.25) is 14.9 Å². The molecule has 4 heterocycles. The van der Waals surface area contributed by atoms with Crippen LogP contribution in [0, 0.1) is 10.1 Å². The smallest absolute Gasteiger partial charge is 0.269 e. The van der Waals surface area contributed by atoms with Crippen molar-refractivity contribution >= 4 is 11.6 Å². The molecule has 25 nitrogen and oxygen atoms in total. The van der Waals surface area contributed by atoms with Crippen LogP contribution in [0.25, 0.3) is 0 Å². The standard InChI is InChI=1S/C32H48N2O23/c1-10(39)33-17-20(42)18(40)13(6-35)51-29(17)57-28-19(41)14(7-36)52-32(25(28)47)56-27-16(9-38)54-31(24(46)22(27)44)55-26-15(8-37)53-30(23(45)21(26)43)50-12-4-2-11(3-5-12)34(48)49/h2-5,13-32,35-38,40-47H,6-9H2,1H3,(H,33,39)/t13-,14-,15-,16-,17-,18+,19-,20-,21-,22-,23-,24-,25-,26-,27-,28+,29+,30?,31-,32-/m1/s1. The second-order valence-corrected chi connectivity index (χ2v) is 13.7. The molecular weight excluding hydrogens is 780 g/mol. The number of amides is 1. The van der Waals surface area contributed by atoms with Crippen molar-refractivity contribution in [3.8, 4) is 5.75 Å². The Morgan fingerprint density at radius 3 is 1.54 bits per heavy atom. The number of non-ortho nitro benzene ring substituents is 1. The van der Waals surface area contributed by atoms with Gasteiger partial charge in [0, 0.05) is 19.1 Å². The van der Waals surface area contributed by atoms with Crippen molar-refractivity contribution in [2.24, 2.45) is 0 Å².